The Labute approximate surface area is 114 Å². The Bertz CT molecular complexity index is 461. The second kappa shape index (κ2) is 7.00. The summed E-state index contributed by atoms with van der Waals surface area (Å²) in [6.45, 7) is 3.85. The first-order chi connectivity index (χ1) is 8.58. The van der Waals surface area contributed by atoms with Crippen LogP contribution in [0, 0.1) is 0 Å². The van der Waals surface area contributed by atoms with Crippen LogP contribution in [0.2, 0.25) is 0 Å². The first kappa shape index (κ1) is 14.5. The van der Waals surface area contributed by atoms with E-state index >= 15 is 0 Å². The average molecular weight is 315 g/mol. The number of nitrogens with one attached hydrogen (secondary N) is 1. The fraction of sp³-hybridized carbons (Fsp3) is 0.333. The van der Waals surface area contributed by atoms with E-state index in [4.69, 9.17) is 9.47 Å². The maximum atomic E-state index is 10.7. The zero-order chi connectivity index (χ0) is 13.5. The van der Waals surface area contributed by atoms with E-state index in [2.05, 4.69) is 26.5 Å². The molecule has 0 saturated carbocycles. The van der Waals surface area contributed by atoms with Gasteiger partial charge >= 0.3 is 0 Å². The molecule has 0 spiro atoms. The Morgan fingerprint density at radius 1 is 1.50 bits per heavy atom. The van der Waals surface area contributed by atoms with Gasteiger partial charge in [0.1, 0.15) is 0 Å². The molecule has 6 heteroatoms. The molecule has 0 heterocycles. The van der Waals surface area contributed by atoms with Crippen molar-refractivity contribution >= 4 is 28.1 Å². The van der Waals surface area contributed by atoms with E-state index in [-0.39, 0.29) is 5.91 Å². The molecule has 0 aliphatic heterocycles. The molecule has 1 rings (SSSR count). The van der Waals surface area contributed by atoms with Gasteiger partial charge in [0.15, 0.2) is 11.5 Å². The van der Waals surface area contributed by atoms with E-state index in [1.54, 1.807) is 19.2 Å². The van der Waals surface area contributed by atoms with Crippen molar-refractivity contribution in [2.45, 2.75) is 13.8 Å². The third kappa shape index (κ3) is 4.03. The second-order valence-corrected chi connectivity index (χ2v) is 4.24. The first-order valence-corrected chi connectivity index (χ1v) is 6.17. The summed E-state index contributed by atoms with van der Waals surface area (Å²) in [4.78, 5) is 10.7. The third-order valence-electron chi connectivity index (χ3n) is 2.01. The largest absolute Gasteiger partial charge is 0.493 e. The number of rotatable bonds is 5. The van der Waals surface area contributed by atoms with E-state index in [9.17, 15) is 4.79 Å². The number of hydrazone groups is 1. The van der Waals surface area contributed by atoms with Crippen LogP contribution in [-0.4, -0.2) is 25.8 Å². The fourth-order valence-electron chi connectivity index (χ4n) is 1.27. The molecule has 98 valence electrons. The van der Waals surface area contributed by atoms with Gasteiger partial charge in [0.25, 0.3) is 0 Å². The molecule has 1 amide bonds. The molecule has 0 atom stereocenters. The number of hydrogen-bond donors (Lipinski definition) is 1. The molecular formula is C12H15BrN2O3. The lowest BCUT2D eigenvalue weighted by Gasteiger charge is -2.11. The Morgan fingerprint density at radius 2 is 2.22 bits per heavy atom. The number of carbonyl (C=O) groups excluding carboxylic acids is 1. The van der Waals surface area contributed by atoms with Crippen molar-refractivity contribution in [3.8, 4) is 11.5 Å². The number of methoxy groups -OCH3 is 1. The quantitative estimate of drug-likeness (QED) is 0.670. The van der Waals surface area contributed by atoms with Gasteiger partial charge < -0.3 is 9.47 Å². The summed E-state index contributed by atoms with van der Waals surface area (Å²) in [6, 6.07) is 3.58. The normalized spacial score (nSPS) is 10.4. The topological polar surface area (TPSA) is 59.9 Å². The molecule has 0 saturated heterocycles. The SMILES string of the molecule is CCOc1cc(Br)c(/C=N\NC(C)=O)cc1OC. The van der Waals surface area contributed by atoms with Crippen LogP contribution in [0.1, 0.15) is 19.4 Å². The van der Waals surface area contributed by atoms with Crippen molar-refractivity contribution in [1.82, 2.24) is 5.43 Å². The highest BCUT2D eigenvalue weighted by Gasteiger charge is 2.08. The molecule has 0 bridgehead atoms. The van der Waals surface area contributed by atoms with Gasteiger partial charge in [-0.25, -0.2) is 5.43 Å². The number of amides is 1. The number of ether oxygens (including phenoxy) is 2. The number of benzene rings is 1. The van der Waals surface area contributed by atoms with Gasteiger partial charge in [0.05, 0.1) is 19.9 Å². The van der Waals surface area contributed by atoms with E-state index in [0.717, 1.165) is 10.0 Å². The zero-order valence-corrected chi connectivity index (χ0v) is 12.1. The summed E-state index contributed by atoms with van der Waals surface area (Å²) >= 11 is 3.41. The minimum Gasteiger partial charge on any atom is -0.493 e. The summed E-state index contributed by atoms with van der Waals surface area (Å²) in [6.07, 6.45) is 1.53. The Hall–Kier alpha value is -1.56. The van der Waals surface area contributed by atoms with Crippen LogP contribution < -0.4 is 14.9 Å². The highest BCUT2D eigenvalue weighted by atomic mass is 79.9. The minimum atomic E-state index is -0.222. The summed E-state index contributed by atoms with van der Waals surface area (Å²) < 4.78 is 11.5. The highest BCUT2D eigenvalue weighted by Crippen LogP contribution is 2.32. The molecular weight excluding hydrogens is 300 g/mol. The van der Waals surface area contributed by atoms with E-state index < -0.39 is 0 Å². The van der Waals surface area contributed by atoms with Crippen LogP contribution in [0.3, 0.4) is 0 Å². The summed E-state index contributed by atoms with van der Waals surface area (Å²) in [5.74, 6) is 1.05. The van der Waals surface area contributed by atoms with Crippen molar-refractivity contribution in [2.24, 2.45) is 5.10 Å². The van der Waals surface area contributed by atoms with Crippen LogP contribution in [0.5, 0.6) is 11.5 Å². The molecule has 0 aliphatic rings. The molecule has 5 nitrogen and oxygen atoms in total. The molecule has 0 aromatic heterocycles. The molecule has 1 N–H and O–H groups in total. The lowest BCUT2D eigenvalue weighted by molar-refractivity contribution is -0.118. The molecule has 0 aliphatic carbocycles. The minimum absolute atomic E-state index is 0.222. The monoisotopic (exact) mass is 314 g/mol. The van der Waals surface area contributed by atoms with Crippen molar-refractivity contribution < 1.29 is 14.3 Å². The number of hydrogen-bond acceptors (Lipinski definition) is 4. The predicted octanol–water partition coefficient (Wildman–Crippen LogP) is 2.33. The van der Waals surface area contributed by atoms with Crippen LogP contribution >= 0.6 is 15.9 Å². The van der Waals surface area contributed by atoms with E-state index in [1.807, 2.05) is 6.92 Å². The summed E-state index contributed by atoms with van der Waals surface area (Å²) in [7, 11) is 1.57. The van der Waals surface area contributed by atoms with Gasteiger partial charge in [-0.1, -0.05) is 0 Å². The number of carbonyl (C=O) groups is 1. The average Bonchev–Trinajstić information content (AvgIpc) is 2.32. The third-order valence-corrected chi connectivity index (χ3v) is 2.70. The van der Waals surface area contributed by atoms with Crippen molar-refractivity contribution in [3.63, 3.8) is 0 Å². The Balaban J connectivity index is 2.99. The molecule has 0 unspecified atom stereocenters. The van der Waals surface area contributed by atoms with E-state index in [1.165, 1.54) is 13.1 Å². The number of nitrogens with zero attached hydrogens (tertiary/aromatic N) is 1. The smallest absolute Gasteiger partial charge is 0.236 e. The van der Waals surface area contributed by atoms with Crippen molar-refractivity contribution in [1.29, 1.82) is 0 Å². The molecule has 18 heavy (non-hydrogen) atoms. The standard InChI is InChI=1S/C12H15BrN2O3/c1-4-18-12-6-10(13)9(5-11(12)17-3)7-14-15-8(2)16/h5-7H,4H2,1-3H3,(H,15,16)/b14-7-. The number of halogens is 1. The molecule has 1 aromatic rings. The molecule has 1 aromatic carbocycles. The Morgan fingerprint density at radius 3 is 2.78 bits per heavy atom. The van der Waals surface area contributed by atoms with Crippen molar-refractivity contribution in [3.05, 3.63) is 22.2 Å². The fourth-order valence-corrected chi connectivity index (χ4v) is 1.70. The van der Waals surface area contributed by atoms with Crippen molar-refractivity contribution in [2.75, 3.05) is 13.7 Å². The second-order valence-electron chi connectivity index (χ2n) is 3.38. The van der Waals surface area contributed by atoms with E-state index in [0.29, 0.717) is 18.1 Å². The first-order valence-electron chi connectivity index (χ1n) is 5.38. The molecule has 0 radical (unpaired) electrons. The van der Waals surface area contributed by atoms with Gasteiger partial charge in [-0.2, -0.15) is 5.10 Å². The maximum absolute atomic E-state index is 10.7. The lowest BCUT2D eigenvalue weighted by atomic mass is 10.2. The summed E-state index contributed by atoms with van der Waals surface area (Å²) in [5.41, 5.74) is 3.12. The maximum Gasteiger partial charge on any atom is 0.236 e. The van der Waals surface area contributed by atoms with Gasteiger partial charge in [-0.15, -0.1) is 0 Å². The van der Waals surface area contributed by atoms with Gasteiger partial charge in [0.2, 0.25) is 5.91 Å². The van der Waals surface area contributed by atoms with Crippen LogP contribution in [0.25, 0.3) is 0 Å². The van der Waals surface area contributed by atoms with Gasteiger partial charge in [-0.05, 0) is 35.0 Å². The highest BCUT2D eigenvalue weighted by molar-refractivity contribution is 9.10. The van der Waals surface area contributed by atoms with Crippen LogP contribution in [0.4, 0.5) is 0 Å². The van der Waals surface area contributed by atoms with Crippen LogP contribution in [0.15, 0.2) is 21.7 Å². The van der Waals surface area contributed by atoms with Crippen LogP contribution in [-0.2, 0) is 4.79 Å². The molecule has 0 fully saturated rings. The Kier molecular flexibility index (Phi) is 5.64. The zero-order valence-electron chi connectivity index (χ0n) is 10.5. The van der Waals surface area contributed by atoms with Gasteiger partial charge in [0, 0.05) is 17.0 Å². The lowest BCUT2D eigenvalue weighted by Crippen LogP contribution is -2.12. The summed E-state index contributed by atoms with van der Waals surface area (Å²) in [5, 5.41) is 3.80. The van der Waals surface area contributed by atoms with Gasteiger partial charge in [-0.3, -0.25) is 4.79 Å². The predicted molar refractivity (Wildman–Crippen MR) is 73.3 cm³/mol.